The van der Waals surface area contributed by atoms with Gasteiger partial charge in [-0.15, -0.1) is 6.58 Å². The topological polar surface area (TPSA) is 92.0 Å². The van der Waals surface area contributed by atoms with Gasteiger partial charge in [0.05, 0.1) is 38.1 Å². The van der Waals surface area contributed by atoms with Crippen molar-refractivity contribution in [3.8, 4) is 0 Å². The maximum absolute atomic E-state index is 13.8. The van der Waals surface area contributed by atoms with Crippen LogP contribution >= 0.6 is 0 Å². The predicted octanol–water partition coefficient (Wildman–Crippen LogP) is 3.64. The van der Waals surface area contributed by atoms with E-state index in [9.17, 15) is 14.4 Å². The first kappa shape index (κ1) is 21.8. The third-order valence-electron chi connectivity index (χ3n) is 7.92. The molecule has 3 fully saturated rings. The Morgan fingerprint density at radius 3 is 2.74 bits per heavy atom. The van der Waals surface area contributed by atoms with Crippen LogP contribution in [-0.4, -0.2) is 37.5 Å². The molecule has 31 heavy (non-hydrogen) atoms. The van der Waals surface area contributed by atoms with Gasteiger partial charge in [-0.25, -0.2) is 0 Å². The Kier molecular flexibility index (Phi) is 5.58. The van der Waals surface area contributed by atoms with Crippen LogP contribution in [0.3, 0.4) is 0 Å². The van der Waals surface area contributed by atoms with E-state index in [1.807, 2.05) is 13.8 Å². The fraction of sp³-hybridized carbons (Fsp3) is 0.625. The first-order valence-electron chi connectivity index (χ1n) is 10.8. The van der Waals surface area contributed by atoms with Crippen LogP contribution in [-0.2, 0) is 28.6 Å². The molecular weight excluding hydrogens is 400 g/mol. The summed E-state index contributed by atoms with van der Waals surface area (Å²) in [5.74, 6) is -2.10. The molecular formula is C24H30O7. The molecule has 3 aliphatic rings. The van der Waals surface area contributed by atoms with Gasteiger partial charge < -0.3 is 18.6 Å². The summed E-state index contributed by atoms with van der Waals surface area (Å²) in [5.41, 5.74) is -0.529. The van der Waals surface area contributed by atoms with Gasteiger partial charge in [-0.3, -0.25) is 14.4 Å². The molecule has 1 aromatic rings. The van der Waals surface area contributed by atoms with E-state index in [0.717, 1.165) is 5.56 Å². The second-order valence-corrected chi connectivity index (χ2v) is 9.55. The summed E-state index contributed by atoms with van der Waals surface area (Å²) >= 11 is 0. The summed E-state index contributed by atoms with van der Waals surface area (Å²) < 4.78 is 21.9. The lowest BCUT2D eigenvalue weighted by Crippen LogP contribution is -2.64. The number of hydrogen-bond donors (Lipinski definition) is 0. The number of ketones is 1. The molecule has 0 radical (unpaired) electrons. The van der Waals surface area contributed by atoms with Crippen LogP contribution in [0.25, 0.3) is 0 Å². The normalized spacial score (nSPS) is 39.8. The van der Waals surface area contributed by atoms with Crippen molar-refractivity contribution in [2.45, 2.75) is 51.7 Å². The van der Waals surface area contributed by atoms with Gasteiger partial charge in [0, 0.05) is 11.5 Å². The van der Waals surface area contributed by atoms with Gasteiger partial charge in [0.25, 0.3) is 0 Å². The molecule has 1 aliphatic heterocycles. The molecule has 7 heteroatoms. The second-order valence-electron chi connectivity index (χ2n) is 9.55. The molecule has 7 nitrogen and oxygen atoms in total. The van der Waals surface area contributed by atoms with E-state index in [0.29, 0.717) is 19.3 Å². The molecule has 2 saturated carbocycles. The smallest absolute Gasteiger partial charge is 0.310 e. The molecule has 2 aliphatic carbocycles. The SMILES string of the molecule is C=CCO[C@H]1C[C@@H](C(=O)OC)[C@]2(C)CCC3C(=O)O[C@H](c4ccoc4)C[C@]3(C)[C@H]2C1=O. The van der Waals surface area contributed by atoms with Crippen LogP contribution in [0.5, 0.6) is 0 Å². The Hall–Kier alpha value is -2.41. The van der Waals surface area contributed by atoms with Crippen LogP contribution in [0, 0.1) is 28.6 Å². The first-order valence-corrected chi connectivity index (χ1v) is 10.8. The summed E-state index contributed by atoms with van der Waals surface area (Å²) in [6, 6.07) is 1.78. The zero-order valence-corrected chi connectivity index (χ0v) is 18.3. The summed E-state index contributed by atoms with van der Waals surface area (Å²) in [6.45, 7) is 7.87. The van der Waals surface area contributed by atoms with Crippen molar-refractivity contribution in [3.05, 3.63) is 36.8 Å². The number of furan rings is 1. The monoisotopic (exact) mass is 430 g/mol. The molecule has 0 aromatic carbocycles. The average molecular weight is 430 g/mol. The maximum atomic E-state index is 13.8. The molecule has 0 N–H and O–H groups in total. The number of carbonyl (C=O) groups is 3. The molecule has 168 valence electrons. The second kappa shape index (κ2) is 7.93. The van der Waals surface area contributed by atoms with Crippen LogP contribution < -0.4 is 0 Å². The Labute approximate surface area is 182 Å². The number of Topliss-reactive ketones (excluding diaryl/α,β-unsaturated/α-hetero) is 1. The van der Waals surface area contributed by atoms with Crippen molar-refractivity contribution in [2.24, 2.45) is 28.6 Å². The molecule has 7 atom stereocenters. The van der Waals surface area contributed by atoms with Gasteiger partial charge in [-0.05, 0) is 42.6 Å². The number of esters is 2. The minimum absolute atomic E-state index is 0.0441. The quantitative estimate of drug-likeness (QED) is 0.520. The van der Waals surface area contributed by atoms with E-state index in [4.69, 9.17) is 18.6 Å². The summed E-state index contributed by atoms with van der Waals surface area (Å²) in [6.07, 6.45) is 5.38. The van der Waals surface area contributed by atoms with Gasteiger partial charge in [0.1, 0.15) is 12.2 Å². The molecule has 1 unspecified atom stereocenters. The number of cyclic esters (lactones) is 1. The minimum atomic E-state index is -0.735. The minimum Gasteiger partial charge on any atom is -0.472 e. The van der Waals surface area contributed by atoms with Crippen molar-refractivity contribution in [2.75, 3.05) is 13.7 Å². The van der Waals surface area contributed by atoms with Crippen LogP contribution in [0.4, 0.5) is 0 Å². The van der Waals surface area contributed by atoms with Gasteiger partial charge in [0.15, 0.2) is 5.78 Å². The number of hydrogen-bond acceptors (Lipinski definition) is 7. The highest BCUT2D eigenvalue weighted by molar-refractivity contribution is 5.92. The molecule has 2 heterocycles. The highest BCUT2D eigenvalue weighted by Gasteiger charge is 2.67. The van der Waals surface area contributed by atoms with E-state index in [1.165, 1.54) is 7.11 Å². The third-order valence-corrected chi connectivity index (χ3v) is 7.92. The number of fused-ring (bicyclic) bond motifs is 3. The van der Waals surface area contributed by atoms with Crippen LogP contribution in [0.2, 0.25) is 0 Å². The largest absolute Gasteiger partial charge is 0.472 e. The van der Waals surface area contributed by atoms with Crippen molar-refractivity contribution >= 4 is 17.7 Å². The zero-order valence-electron chi connectivity index (χ0n) is 18.3. The summed E-state index contributed by atoms with van der Waals surface area (Å²) in [7, 11) is 1.37. The molecule has 1 saturated heterocycles. The lowest BCUT2D eigenvalue weighted by atomic mass is 9.43. The van der Waals surface area contributed by atoms with E-state index >= 15 is 0 Å². The highest BCUT2D eigenvalue weighted by Crippen LogP contribution is 2.65. The van der Waals surface area contributed by atoms with Gasteiger partial charge in [-0.2, -0.15) is 0 Å². The van der Waals surface area contributed by atoms with Crippen molar-refractivity contribution in [1.82, 2.24) is 0 Å². The molecule has 1 aromatic heterocycles. The van der Waals surface area contributed by atoms with Crippen molar-refractivity contribution < 1.29 is 33.0 Å². The average Bonchev–Trinajstić information content (AvgIpc) is 3.26. The number of ether oxygens (including phenoxy) is 3. The van der Waals surface area contributed by atoms with Crippen molar-refractivity contribution in [3.63, 3.8) is 0 Å². The molecule has 0 spiro atoms. The fourth-order valence-electron chi connectivity index (χ4n) is 6.49. The van der Waals surface area contributed by atoms with E-state index < -0.39 is 40.8 Å². The number of carbonyl (C=O) groups excluding carboxylic acids is 3. The van der Waals surface area contributed by atoms with Crippen LogP contribution in [0.1, 0.15) is 51.2 Å². The van der Waals surface area contributed by atoms with E-state index in [-0.39, 0.29) is 30.7 Å². The Morgan fingerprint density at radius 2 is 2.10 bits per heavy atom. The number of methoxy groups -OCH3 is 1. The Balaban J connectivity index is 1.78. The zero-order chi connectivity index (χ0) is 22.4. The molecule has 4 rings (SSSR count). The van der Waals surface area contributed by atoms with Crippen molar-refractivity contribution in [1.29, 1.82) is 0 Å². The third kappa shape index (κ3) is 3.34. The van der Waals surface area contributed by atoms with Gasteiger partial charge in [-0.1, -0.05) is 19.9 Å². The van der Waals surface area contributed by atoms with E-state index in [1.54, 1.807) is 24.7 Å². The Bertz CT molecular complexity index is 874. The fourth-order valence-corrected chi connectivity index (χ4v) is 6.49. The van der Waals surface area contributed by atoms with Gasteiger partial charge in [0.2, 0.25) is 0 Å². The summed E-state index contributed by atoms with van der Waals surface area (Å²) in [5, 5.41) is 0. The number of rotatable bonds is 5. The molecule has 0 amide bonds. The maximum Gasteiger partial charge on any atom is 0.310 e. The summed E-state index contributed by atoms with van der Waals surface area (Å²) in [4.78, 5) is 39.7. The Morgan fingerprint density at radius 1 is 1.32 bits per heavy atom. The lowest BCUT2D eigenvalue weighted by molar-refractivity contribution is -0.209. The van der Waals surface area contributed by atoms with E-state index in [2.05, 4.69) is 6.58 Å². The first-order chi connectivity index (χ1) is 14.8. The highest BCUT2D eigenvalue weighted by atomic mass is 16.5. The van der Waals surface area contributed by atoms with Crippen LogP contribution in [0.15, 0.2) is 35.7 Å². The van der Waals surface area contributed by atoms with Gasteiger partial charge >= 0.3 is 11.9 Å². The lowest BCUT2D eigenvalue weighted by Gasteiger charge is -2.61. The standard InChI is InChI=1S/C24H30O7/c1-5-9-30-17-11-16(21(26)28-4)23(2)8-6-15-22(27)31-18(14-7-10-29-13-14)12-24(15,3)20(23)19(17)25/h5,7,10,13,15-18,20H,1,6,8-9,11-12H2,2-4H3/t15?,16-,17-,18-,20-,23-,24-/m0/s1. The molecule has 0 bridgehead atoms. The predicted molar refractivity (Wildman–Crippen MR) is 110 cm³/mol.